The molecule has 1 aliphatic rings. The van der Waals surface area contributed by atoms with Gasteiger partial charge in [-0.3, -0.25) is 4.79 Å². The predicted octanol–water partition coefficient (Wildman–Crippen LogP) is 2.35. The number of esters is 1. The van der Waals surface area contributed by atoms with Crippen LogP contribution < -0.4 is 5.32 Å². The molecule has 0 amide bonds. The summed E-state index contributed by atoms with van der Waals surface area (Å²) in [4.78, 5) is 11.5. The quantitative estimate of drug-likeness (QED) is 0.733. The molecule has 1 saturated carbocycles. The van der Waals surface area contributed by atoms with Gasteiger partial charge in [0.15, 0.2) is 0 Å². The fourth-order valence-electron chi connectivity index (χ4n) is 2.75. The summed E-state index contributed by atoms with van der Waals surface area (Å²) in [5.74, 6) is 1.37. The SMILES string of the molecule is CCOC(=O)CC(NC)C1CCCC(C)C1. The summed E-state index contributed by atoms with van der Waals surface area (Å²) in [5, 5.41) is 3.28. The Morgan fingerprint density at radius 2 is 2.25 bits per heavy atom. The molecule has 3 atom stereocenters. The predicted molar refractivity (Wildman–Crippen MR) is 65.2 cm³/mol. The molecule has 94 valence electrons. The lowest BCUT2D eigenvalue weighted by Crippen LogP contribution is -2.38. The van der Waals surface area contributed by atoms with Crippen molar-refractivity contribution in [2.45, 2.75) is 52.0 Å². The fraction of sp³-hybridized carbons (Fsp3) is 0.923. The van der Waals surface area contributed by atoms with E-state index in [-0.39, 0.29) is 5.97 Å². The van der Waals surface area contributed by atoms with Crippen LogP contribution in [0, 0.1) is 11.8 Å². The van der Waals surface area contributed by atoms with Crippen LogP contribution in [-0.4, -0.2) is 25.7 Å². The molecule has 0 radical (unpaired) electrons. The Morgan fingerprint density at radius 1 is 1.50 bits per heavy atom. The van der Waals surface area contributed by atoms with Crippen molar-refractivity contribution in [1.29, 1.82) is 0 Å². The Balaban J connectivity index is 2.43. The minimum atomic E-state index is -0.0694. The zero-order valence-electron chi connectivity index (χ0n) is 10.8. The molecule has 1 aliphatic carbocycles. The molecule has 1 N–H and O–H groups in total. The van der Waals surface area contributed by atoms with E-state index in [1.807, 2.05) is 14.0 Å². The highest BCUT2D eigenvalue weighted by Crippen LogP contribution is 2.31. The number of rotatable bonds is 5. The van der Waals surface area contributed by atoms with E-state index in [1.54, 1.807) is 0 Å². The molecular formula is C13H25NO2. The van der Waals surface area contributed by atoms with E-state index in [0.717, 1.165) is 5.92 Å². The second kappa shape index (κ2) is 6.89. The van der Waals surface area contributed by atoms with Crippen molar-refractivity contribution >= 4 is 5.97 Å². The lowest BCUT2D eigenvalue weighted by Gasteiger charge is -2.32. The molecule has 1 fully saturated rings. The topological polar surface area (TPSA) is 38.3 Å². The van der Waals surface area contributed by atoms with E-state index >= 15 is 0 Å². The number of nitrogens with one attached hydrogen (secondary N) is 1. The van der Waals surface area contributed by atoms with Crippen molar-refractivity contribution in [1.82, 2.24) is 5.32 Å². The fourth-order valence-corrected chi connectivity index (χ4v) is 2.75. The highest BCUT2D eigenvalue weighted by molar-refractivity contribution is 5.70. The first-order valence-corrected chi connectivity index (χ1v) is 6.50. The maximum Gasteiger partial charge on any atom is 0.307 e. The molecule has 0 heterocycles. The van der Waals surface area contributed by atoms with Gasteiger partial charge >= 0.3 is 5.97 Å². The van der Waals surface area contributed by atoms with Gasteiger partial charge in [-0.25, -0.2) is 0 Å². The first kappa shape index (κ1) is 13.5. The zero-order valence-corrected chi connectivity index (χ0v) is 10.8. The van der Waals surface area contributed by atoms with Crippen LogP contribution in [0.2, 0.25) is 0 Å². The van der Waals surface area contributed by atoms with Gasteiger partial charge in [-0.05, 0) is 38.6 Å². The van der Waals surface area contributed by atoms with Gasteiger partial charge in [-0.1, -0.05) is 19.8 Å². The zero-order chi connectivity index (χ0) is 12.0. The molecule has 0 saturated heterocycles. The standard InChI is InChI=1S/C13H25NO2/c1-4-16-13(15)9-12(14-3)11-7-5-6-10(2)8-11/h10-12,14H,4-9H2,1-3H3. The van der Waals surface area contributed by atoms with Crippen LogP contribution >= 0.6 is 0 Å². The summed E-state index contributed by atoms with van der Waals surface area (Å²) in [6.07, 6.45) is 5.64. The van der Waals surface area contributed by atoms with Gasteiger partial charge in [0.25, 0.3) is 0 Å². The molecule has 3 nitrogen and oxygen atoms in total. The molecule has 0 bridgehead atoms. The van der Waals surface area contributed by atoms with Crippen LogP contribution in [0.4, 0.5) is 0 Å². The van der Waals surface area contributed by atoms with E-state index in [9.17, 15) is 4.79 Å². The molecule has 3 unspecified atom stereocenters. The lowest BCUT2D eigenvalue weighted by atomic mass is 9.78. The molecule has 0 aromatic carbocycles. The van der Waals surface area contributed by atoms with Crippen molar-refractivity contribution in [3.05, 3.63) is 0 Å². The third kappa shape index (κ3) is 4.12. The summed E-state index contributed by atoms with van der Waals surface area (Å²) < 4.78 is 5.01. The number of hydrogen-bond acceptors (Lipinski definition) is 3. The van der Waals surface area contributed by atoms with Crippen LogP contribution in [0.25, 0.3) is 0 Å². The molecule has 0 aromatic rings. The number of ether oxygens (including phenoxy) is 1. The first-order chi connectivity index (χ1) is 7.67. The number of carbonyl (C=O) groups excluding carboxylic acids is 1. The van der Waals surface area contributed by atoms with E-state index in [0.29, 0.717) is 25.0 Å². The molecule has 3 heteroatoms. The Bertz CT molecular complexity index is 218. The molecule has 16 heavy (non-hydrogen) atoms. The Hall–Kier alpha value is -0.570. The minimum absolute atomic E-state index is 0.0694. The maximum atomic E-state index is 11.5. The van der Waals surface area contributed by atoms with Gasteiger partial charge in [0.05, 0.1) is 13.0 Å². The Morgan fingerprint density at radius 3 is 2.81 bits per heavy atom. The van der Waals surface area contributed by atoms with Gasteiger partial charge in [-0.15, -0.1) is 0 Å². The maximum absolute atomic E-state index is 11.5. The van der Waals surface area contributed by atoms with E-state index < -0.39 is 0 Å². The van der Waals surface area contributed by atoms with Crippen LogP contribution in [0.15, 0.2) is 0 Å². The van der Waals surface area contributed by atoms with E-state index in [4.69, 9.17) is 4.74 Å². The highest BCUT2D eigenvalue weighted by Gasteiger charge is 2.27. The minimum Gasteiger partial charge on any atom is -0.466 e. The molecule has 0 aromatic heterocycles. The van der Waals surface area contributed by atoms with Crippen molar-refractivity contribution in [3.8, 4) is 0 Å². The van der Waals surface area contributed by atoms with E-state index in [1.165, 1.54) is 25.7 Å². The third-order valence-electron chi connectivity index (χ3n) is 3.61. The molecule has 0 aliphatic heterocycles. The van der Waals surface area contributed by atoms with Crippen molar-refractivity contribution in [2.24, 2.45) is 11.8 Å². The van der Waals surface area contributed by atoms with Crippen LogP contribution in [0.3, 0.4) is 0 Å². The number of hydrogen-bond donors (Lipinski definition) is 1. The van der Waals surface area contributed by atoms with Gasteiger partial charge in [-0.2, -0.15) is 0 Å². The molecule has 0 spiro atoms. The van der Waals surface area contributed by atoms with Gasteiger partial charge < -0.3 is 10.1 Å². The summed E-state index contributed by atoms with van der Waals surface area (Å²) in [5.41, 5.74) is 0. The lowest BCUT2D eigenvalue weighted by molar-refractivity contribution is -0.144. The van der Waals surface area contributed by atoms with Crippen molar-refractivity contribution in [3.63, 3.8) is 0 Å². The van der Waals surface area contributed by atoms with Gasteiger partial charge in [0.1, 0.15) is 0 Å². The summed E-state index contributed by atoms with van der Waals surface area (Å²) in [6.45, 7) is 4.65. The van der Waals surface area contributed by atoms with Crippen LogP contribution in [-0.2, 0) is 9.53 Å². The Kier molecular flexibility index (Phi) is 5.81. The van der Waals surface area contributed by atoms with Gasteiger partial charge in [0.2, 0.25) is 0 Å². The molecular weight excluding hydrogens is 202 g/mol. The van der Waals surface area contributed by atoms with Crippen LogP contribution in [0.5, 0.6) is 0 Å². The summed E-state index contributed by atoms with van der Waals surface area (Å²) in [6, 6.07) is 0.293. The summed E-state index contributed by atoms with van der Waals surface area (Å²) >= 11 is 0. The smallest absolute Gasteiger partial charge is 0.307 e. The average Bonchev–Trinajstić information content (AvgIpc) is 2.26. The summed E-state index contributed by atoms with van der Waals surface area (Å²) in [7, 11) is 1.95. The second-order valence-electron chi connectivity index (χ2n) is 4.94. The second-order valence-corrected chi connectivity index (χ2v) is 4.94. The average molecular weight is 227 g/mol. The normalized spacial score (nSPS) is 27.4. The van der Waals surface area contributed by atoms with Crippen molar-refractivity contribution < 1.29 is 9.53 Å². The van der Waals surface area contributed by atoms with Crippen molar-refractivity contribution in [2.75, 3.05) is 13.7 Å². The number of carbonyl (C=O) groups is 1. The Labute approximate surface area is 98.9 Å². The van der Waals surface area contributed by atoms with E-state index in [2.05, 4.69) is 12.2 Å². The van der Waals surface area contributed by atoms with Crippen LogP contribution in [0.1, 0.15) is 46.0 Å². The molecule has 1 rings (SSSR count). The largest absolute Gasteiger partial charge is 0.466 e. The first-order valence-electron chi connectivity index (χ1n) is 6.50. The van der Waals surface area contributed by atoms with Gasteiger partial charge in [0, 0.05) is 6.04 Å². The third-order valence-corrected chi connectivity index (χ3v) is 3.61. The highest BCUT2D eigenvalue weighted by atomic mass is 16.5. The monoisotopic (exact) mass is 227 g/mol.